The Morgan fingerprint density at radius 2 is 1.96 bits per heavy atom. The van der Waals surface area contributed by atoms with Crippen LogP contribution in [0.4, 0.5) is 18.0 Å². The number of halogens is 3. The van der Waals surface area contributed by atoms with Crippen molar-refractivity contribution in [2.24, 2.45) is 5.92 Å². The number of ether oxygens (including phenoxy) is 1. The lowest BCUT2D eigenvalue weighted by Crippen LogP contribution is -2.54. The molecule has 2 heterocycles. The molecule has 1 aromatic rings. The highest BCUT2D eigenvalue weighted by Crippen LogP contribution is 2.39. The number of piperidine rings is 1. The molecule has 2 saturated heterocycles. The number of carbonyl (C=O) groups is 2. The molecule has 0 aromatic heterocycles. The van der Waals surface area contributed by atoms with Crippen molar-refractivity contribution in [3.8, 4) is 0 Å². The molecule has 27 heavy (non-hydrogen) atoms. The third kappa shape index (κ3) is 5.09. The zero-order chi connectivity index (χ0) is 19.4. The highest BCUT2D eigenvalue weighted by atomic mass is 32.2. The molecular formula is C18H21F3N2O3S. The highest BCUT2D eigenvalue weighted by Gasteiger charge is 2.47. The maximum absolute atomic E-state index is 13.1. The van der Waals surface area contributed by atoms with E-state index in [1.165, 1.54) is 16.7 Å². The molecule has 2 aliphatic rings. The number of nitrogens with one attached hydrogen (secondary N) is 1. The first-order valence-electron chi connectivity index (χ1n) is 8.80. The molecule has 0 spiro atoms. The van der Waals surface area contributed by atoms with E-state index in [0.29, 0.717) is 18.6 Å². The highest BCUT2D eigenvalue weighted by molar-refractivity contribution is 7.99. The van der Waals surface area contributed by atoms with Gasteiger partial charge in [-0.2, -0.15) is 13.2 Å². The number of thioether (sulfide) groups is 1. The summed E-state index contributed by atoms with van der Waals surface area (Å²) in [6.45, 7) is -0.290. The summed E-state index contributed by atoms with van der Waals surface area (Å²) in [7, 11) is 0. The Bertz CT molecular complexity index is 672. The Kier molecular flexibility index (Phi) is 6.18. The lowest BCUT2D eigenvalue weighted by molar-refractivity contribution is -0.189. The minimum Gasteiger partial charge on any atom is -0.445 e. The molecule has 0 bridgehead atoms. The van der Waals surface area contributed by atoms with Crippen LogP contribution < -0.4 is 5.32 Å². The van der Waals surface area contributed by atoms with Crippen LogP contribution in [-0.2, 0) is 16.1 Å². The number of hydrogen-bond donors (Lipinski definition) is 1. The minimum atomic E-state index is -4.32. The van der Waals surface area contributed by atoms with Gasteiger partial charge in [-0.1, -0.05) is 30.3 Å². The first kappa shape index (κ1) is 19.9. The number of amides is 2. The van der Waals surface area contributed by atoms with Gasteiger partial charge in [-0.3, -0.25) is 4.79 Å². The summed E-state index contributed by atoms with van der Waals surface area (Å²) >= 11 is 1.47. The third-order valence-corrected chi connectivity index (χ3v) is 6.14. The number of alkyl carbamates (subject to hydrolysis) is 1. The SMILES string of the molecule is O=C(NC1CCS[C@H]2CCC(C(F)(F)F)CN2C1=O)OCc1ccccc1. The average Bonchev–Trinajstić information content (AvgIpc) is 2.79. The van der Waals surface area contributed by atoms with Crippen molar-refractivity contribution in [1.29, 1.82) is 0 Å². The molecule has 2 aliphatic heterocycles. The Hall–Kier alpha value is -1.90. The van der Waals surface area contributed by atoms with Crippen LogP contribution in [0.5, 0.6) is 0 Å². The predicted octanol–water partition coefficient (Wildman–Crippen LogP) is 3.55. The van der Waals surface area contributed by atoms with E-state index < -0.39 is 30.1 Å². The molecule has 5 nitrogen and oxygen atoms in total. The minimum absolute atomic E-state index is 0.0299. The van der Waals surface area contributed by atoms with Crippen molar-refractivity contribution in [2.75, 3.05) is 12.3 Å². The number of alkyl halides is 3. The summed E-state index contributed by atoms with van der Waals surface area (Å²) in [6, 6.07) is 8.21. The number of fused-ring (bicyclic) bond motifs is 1. The van der Waals surface area contributed by atoms with Crippen molar-refractivity contribution in [1.82, 2.24) is 10.2 Å². The fourth-order valence-electron chi connectivity index (χ4n) is 3.30. The number of benzene rings is 1. The molecule has 0 radical (unpaired) electrons. The lowest BCUT2D eigenvalue weighted by Gasteiger charge is -2.39. The van der Waals surface area contributed by atoms with Crippen molar-refractivity contribution < 1.29 is 27.5 Å². The maximum Gasteiger partial charge on any atom is 0.408 e. The van der Waals surface area contributed by atoms with E-state index in [2.05, 4.69) is 5.32 Å². The van der Waals surface area contributed by atoms with Crippen LogP contribution in [0.3, 0.4) is 0 Å². The zero-order valence-corrected chi connectivity index (χ0v) is 15.4. The second kappa shape index (κ2) is 8.41. The first-order valence-corrected chi connectivity index (χ1v) is 9.85. The summed E-state index contributed by atoms with van der Waals surface area (Å²) in [4.78, 5) is 26.1. The van der Waals surface area contributed by atoms with Gasteiger partial charge in [-0.25, -0.2) is 4.79 Å². The second-order valence-electron chi connectivity index (χ2n) is 6.68. The van der Waals surface area contributed by atoms with E-state index in [4.69, 9.17) is 4.74 Å². The number of rotatable bonds is 3. The third-order valence-electron chi connectivity index (χ3n) is 4.79. The average molecular weight is 402 g/mol. The van der Waals surface area contributed by atoms with Crippen LogP contribution in [0.1, 0.15) is 24.8 Å². The van der Waals surface area contributed by atoms with Crippen LogP contribution >= 0.6 is 11.8 Å². The van der Waals surface area contributed by atoms with Gasteiger partial charge in [-0.15, -0.1) is 11.8 Å². The molecule has 3 atom stereocenters. The largest absolute Gasteiger partial charge is 0.445 e. The molecule has 0 aliphatic carbocycles. The van der Waals surface area contributed by atoms with Gasteiger partial charge in [0.15, 0.2) is 0 Å². The van der Waals surface area contributed by atoms with E-state index in [1.807, 2.05) is 18.2 Å². The van der Waals surface area contributed by atoms with Gasteiger partial charge in [0.05, 0.1) is 11.3 Å². The van der Waals surface area contributed by atoms with Crippen molar-refractivity contribution in [2.45, 2.75) is 43.5 Å². The monoisotopic (exact) mass is 402 g/mol. The van der Waals surface area contributed by atoms with Crippen LogP contribution in [-0.4, -0.2) is 46.8 Å². The van der Waals surface area contributed by atoms with E-state index >= 15 is 0 Å². The van der Waals surface area contributed by atoms with Crippen LogP contribution in [0.25, 0.3) is 0 Å². The smallest absolute Gasteiger partial charge is 0.408 e. The second-order valence-corrected chi connectivity index (χ2v) is 7.96. The zero-order valence-electron chi connectivity index (χ0n) is 14.6. The van der Waals surface area contributed by atoms with Gasteiger partial charge in [0.1, 0.15) is 12.6 Å². The Morgan fingerprint density at radius 3 is 2.67 bits per heavy atom. The summed E-state index contributed by atoms with van der Waals surface area (Å²) in [5, 5.41) is 2.26. The summed E-state index contributed by atoms with van der Waals surface area (Å²) < 4.78 is 44.3. The molecule has 1 N–H and O–H groups in total. The van der Waals surface area contributed by atoms with E-state index in [0.717, 1.165) is 5.56 Å². The van der Waals surface area contributed by atoms with Crippen molar-refractivity contribution in [3.05, 3.63) is 35.9 Å². The van der Waals surface area contributed by atoms with Crippen molar-refractivity contribution >= 4 is 23.8 Å². The maximum atomic E-state index is 13.1. The summed E-state index contributed by atoms with van der Waals surface area (Å²) in [6.07, 6.45) is -4.36. The quantitative estimate of drug-likeness (QED) is 0.840. The van der Waals surface area contributed by atoms with Gasteiger partial charge in [0, 0.05) is 6.54 Å². The molecular weight excluding hydrogens is 381 g/mol. The van der Waals surface area contributed by atoms with Crippen LogP contribution in [0, 0.1) is 5.92 Å². The molecule has 2 fully saturated rings. The Morgan fingerprint density at radius 1 is 1.22 bits per heavy atom. The summed E-state index contributed by atoms with van der Waals surface area (Å²) in [5.41, 5.74) is 0.805. The topological polar surface area (TPSA) is 58.6 Å². The van der Waals surface area contributed by atoms with E-state index in [1.54, 1.807) is 12.1 Å². The fraction of sp³-hybridized carbons (Fsp3) is 0.556. The molecule has 2 amide bonds. The Labute approximate surface area is 159 Å². The molecule has 3 rings (SSSR count). The van der Waals surface area contributed by atoms with Gasteiger partial charge in [0.2, 0.25) is 5.91 Å². The van der Waals surface area contributed by atoms with E-state index in [9.17, 15) is 22.8 Å². The van der Waals surface area contributed by atoms with Gasteiger partial charge < -0.3 is 15.0 Å². The predicted molar refractivity (Wildman–Crippen MR) is 94.9 cm³/mol. The standard InChI is InChI=1S/C18H21F3N2O3S/c19-18(20,21)13-6-7-15-23(10-13)16(24)14(8-9-27-15)22-17(25)26-11-12-4-2-1-3-5-12/h1-5,13-15H,6-11H2,(H,22,25)/t13?,14?,15-/m0/s1. The van der Waals surface area contributed by atoms with Gasteiger partial charge in [0.25, 0.3) is 0 Å². The van der Waals surface area contributed by atoms with E-state index in [-0.39, 0.29) is 24.9 Å². The van der Waals surface area contributed by atoms with Gasteiger partial charge in [-0.05, 0) is 30.6 Å². The molecule has 0 saturated carbocycles. The number of hydrogen-bond acceptors (Lipinski definition) is 4. The van der Waals surface area contributed by atoms with Gasteiger partial charge >= 0.3 is 12.3 Å². The molecule has 1 aromatic carbocycles. The van der Waals surface area contributed by atoms with Crippen LogP contribution in [0.2, 0.25) is 0 Å². The van der Waals surface area contributed by atoms with Crippen LogP contribution in [0.15, 0.2) is 30.3 Å². The number of nitrogens with zero attached hydrogens (tertiary/aromatic N) is 1. The lowest BCUT2D eigenvalue weighted by atomic mass is 9.96. The molecule has 9 heteroatoms. The summed E-state index contributed by atoms with van der Waals surface area (Å²) in [5.74, 6) is -1.38. The number of carbonyl (C=O) groups excluding carboxylic acids is 2. The first-order chi connectivity index (χ1) is 12.8. The fourth-order valence-corrected chi connectivity index (χ4v) is 4.62. The normalized spacial score (nSPS) is 26.1. The Balaban J connectivity index is 1.59. The van der Waals surface area contributed by atoms with Crippen molar-refractivity contribution in [3.63, 3.8) is 0 Å². The molecule has 148 valence electrons. The molecule has 2 unspecified atom stereocenters.